The zero-order chi connectivity index (χ0) is 21.0. The van der Waals surface area contributed by atoms with Crippen molar-refractivity contribution in [3.63, 3.8) is 0 Å². The Bertz CT molecular complexity index is 1040. The summed E-state index contributed by atoms with van der Waals surface area (Å²) in [7, 11) is -4.18. The molecule has 1 heterocycles. The van der Waals surface area contributed by atoms with Crippen molar-refractivity contribution < 1.29 is 27.0 Å². The molecule has 8 heteroatoms. The highest BCUT2D eigenvalue weighted by molar-refractivity contribution is 7.92. The van der Waals surface area contributed by atoms with E-state index in [9.17, 15) is 17.9 Å². The van der Waals surface area contributed by atoms with Crippen LogP contribution in [0.2, 0.25) is 5.02 Å². The summed E-state index contributed by atoms with van der Waals surface area (Å²) >= 11 is 5.92. The van der Waals surface area contributed by atoms with Crippen molar-refractivity contribution in [3.05, 3.63) is 58.6 Å². The van der Waals surface area contributed by atoms with E-state index in [4.69, 9.17) is 16.3 Å². The standard InChI is InChI=1S/C21H21ClF2O4S/c1-2-14-15-11-28-20-17(24)8-7-16(23)19(20)21(15,10-9-18(14)25)29(26,27)13-5-3-12(22)4-6-13/h3-8,14-15,18,25H,2,9-11H2,1H3/t14-,15+,18+,21+/m1/s1. The van der Waals surface area contributed by atoms with Gasteiger partial charge < -0.3 is 9.84 Å². The first-order valence-electron chi connectivity index (χ1n) is 9.53. The number of fused-ring (bicyclic) bond motifs is 3. The zero-order valence-corrected chi connectivity index (χ0v) is 17.3. The van der Waals surface area contributed by atoms with E-state index in [-0.39, 0.29) is 35.7 Å². The van der Waals surface area contributed by atoms with Crippen LogP contribution in [0.3, 0.4) is 0 Å². The van der Waals surface area contributed by atoms with Crippen molar-refractivity contribution >= 4 is 21.4 Å². The second-order valence-electron chi connectivity index (χ2n) is 7.68. The smallest absolute Gasteiger partial charge is 0.188 e. The summed E-state index contributed by atoms with van der Waals surface area (Å²) in [5, 5.41) is 10.9. The fourth-order valence-electron chi connectivity index (χ4n) is 5.03. The van der Waals surface area contributed by atoms with Crippen molar-refractivity contribution in [1.29, 1.82) is 0 Å². The van der Waals surface area contributed by atoms with Crippen LogP contribution in [0.25, 0.3) is 0 Å². The summed E-state index contributed by atoms with van der Waals surface area (Å²) in [5.41, 5.74) is -0.269. The number of aliphatic hydroxyl groups excluding tert-OH is 1. The van der Waals surface area contributed by atoms with E-state index in [1.165, 1.54) is 24.3 Å². The van der Waals surface area contributed by atoms with Crippen LogP contribution in [0.4, 0.5) is 8.78 Å². The molecule has 0 unspecified atom stereocenters. The highest BCUT2D eigenvalue weighted by Gasteiger charge is 2.62. The monoisotopic (exact) mass is 442 g/mol. The summed E-state index contributed by atoms with van der Waals surface area (Å²) in [6.45, 7) is 1.73. The number of rotatable bonds is 3. The molecule has 2 aromatic rings. The third kappa shape index (κ3) is 2.89. The van der Waals surface area contributed by atoms with Gasteiger partial charge in [0.25, 0.3) is 0 Å². The molecule has 1 N–H and O–H groups in total. The van der Waals surface area contributed by atoms with Gasteiger partial charge in [-0.2, -0.15) is 0 Å². The lowest BCUT2D eigenvalue weighted by Gasteiger charge is -2.51. The minimum atomic E-state index is -4.18. The molecular formula is C21H21ClF2O4S. The molecule has 4 atom stereocenters. The summed E-state index contributed by atoms with van der Waals surface area (Å²) in [6.07, 6.45) is -0.117. The van der Waals surface area contributed by atoms with E-state index in [1.807, 2.05) is 6.92 Å². The van der Waals surface area contributed by atoms with Crippen molar-refractivity contribution in [1.82, 2.24) is 0 Å². The van der Waals surface area contributed by atoms with Gasteiger partial charge in [-0.3, -0.25) is 0 Å². The molecular weight excluding hydrogens is 422 g/mol. The Balaban J connectivity index is 2.04. The van der Waals surface area contributed by atoms with Crippen LogP contribution < -0.4 is 4.74 Å². The number of halogens is 3. The highest BCUT2D eigenvalue weighted by Crippen LogP contribution is 2.58. The average molecular weight is 443 g/mol. The molecule has 0 amide bonds. The van der Waals surface area contributed by atoms with Gasteiger partial charge in [0.1, 0.15) is 10.6 Å². The molecule has 1 aliphatic carbocycles. The van der Waals surface area contributed by atoms with Gasteiger partial charge in [0.2, 0.25) is 0 Å². The van der Waals surface area contributed by atoms with Crippen LogP contribution >= 0.6 is 11.6 Å². The molecule has 156 valence electrons. The maximum absolute atomic E-state index is 15.1. The second-order valence-corrected chi connectivity index (χ2v) is 10.3. The maximum atomic E-state index is 15.1. The number of benzene rings is 2. The van der Waals surface area contributed by atoms with E-state index in [0.717, 1.165) is 12.1 Å². The zero-order valence-electron chi connectivity index (χ0n) is 15.7. The maximum Gasteiger partial charge on any atom is 0.188 e. The average Bonchev–Trinajstić information content (AvgIpc) is 2.70. The van der Waals surface area contributed by atoms with Gasteiger partial charge in [0.05, 0.1) is 23.2 Å². The molecule has 0 radical (unpaired) electrons. The molecule has 1 aliphatic heterocycles. The van der Waals surface area contributed by atoms with E-state index in [0.29, 0.717) is 11.4 Å². The molecule has 0 spiro atoms. The summed E-state index contributed by atoms with van der Waals surface area (Å²) in [4.78, 5) is -0.0188. The summed E-state index contributed by atoms with van der Waals surface area (Å²) < 4.78 is 61.4. The van der Waals surface area contributed by atoms with Gasteiger partial charge in [0, 0.05) is 10.9 Å². The molecule has 4 nitrogen and oxygen atoms in total. The van der Waals surface area contributed by atoms with Crippen LogP contribution in [0.5, 0.6) is 5.75 Å². The van der Waals surface area contributed by atoms with Crippen molar-refractivity contribution in [2.45, 2.75) is 41.9 Å². The SMILES string of the molecule is CC[C@H]1[C@@H](O)CC[C@@]2(S(=O)(=O)c3ccc(Cl)cc3)c3c(F)ccc(F)c3OC[C@@H]12. The molecule has 1 fully saturated rings. The van der Waals surface area contributed by atoms with Crippen molar-refractivity contribution in [3.8, 4) is 5.75 Å². The Labute approximate surface area is 173 Å². The normalized spacial score (nSPS) is 28.9. The van der Waals surface area contributed by atoms with Gasteiger partial charge in [-0.05, 0) is 55.2 Å². The van der Waals surface area contributed by atoms with Crippen LogP contribution in [0.1, 0.15) is 31.7 Å². The van der Waals surface area contributed by atoms with Crippen molar-refractivity contribution in [2.75, 3.05) is 6.61 Å². The van der Waals surface area contributed by atoms with Crippen LogP contribution in [-0.2, 0) is 14.6 Å². The van der Waals surface area contributed by atoms with E-state index < -0.39 is 44.2 Å². The fourth-order valence-corrected chi connectivity index (χ4v) is 7.56. The molecule has 0 aromatic heterocycles. The van der Waals surface area contributed by atoms with Gasteiger partial charge in [-0.1, -0.05) is 24.9 Å². The molecule has 0 saturated heterocycles. The third-order valence-corrected chi connectivity index (χ3v) is 9.20. The molecule has 2 aromatic carbocycles. The first kappa shape index (κ1) is 20.6. The van der Waals surface area contributed by atoms with Gasteiger partial charge >= 0.3 is 0 Å². The minimum Gasteiger partial charge on any atom is -0.490 e. The molecule has 1 saturated carbocycles. The van der Waals surface area contributed by atoms with E-state index in [2.05, 4.69) is 0 Å². The largest absolute Gasteiger partial charge is 0.490 e. The molecule has 0 bridgehead atoms. The van der Waals surface area contributed by atoms with Crippen LogP contribution in [0.15, 0.2) is 41.3 Å². The van der Waals surface area contributed by atoms with E-state index in [1.54, 1.807) is 0 Å². The summed E-state index contributed by atoms with van der Waals surface area (Å²) in [5.74, 6) is -3.13. The summed E-state index contributed by atoms with van der Waals surface area (Å²) in [6, 6.07) is 7.54. The Morgan fingerprint density at radius 1 is 1.17 bits per heavy atom. The lowest BCUT2D eigenvalue weighted by Crippen LogP contribution is -2.57. The van der Waals surface area contributed by atoms with Crippen LogP contribution in [0, 0.1) is 23.5 Å². The van der Waals surface area contributed by atoms with Gasteiger partial charge in [0.15, 0.2) is 21.4 Å². The van der Waals surface area contributed by atoms with Gasteiger partial charge in [-0.25, -0.2) is 17.2 Å². The number of hydrogen-bond acceptors (Lipinski definition) is 4. The number of ether oxygens (including phenoxy) is 1. The molecule has 4 rings (SSSR count). The Morgan fingerprint density at radius 3 is 2.48 bits per heavy atom. The van der Waals surface area contributed by atoms with Crippen molar-refractivity contribution in [2.24, 2.45) is 11.8 Å². The Kier molecular flexibility index (Phi) is 5.12. The number of aliphatic hydroxyl groups is 1. The number of hydrogen-bond donors (Lipinski definition) is 1. The topological polar surface area (TPSA) is 63.6 Å². The minimum absolute atomic E-state index is 0.0188. The number of sulfone groups is 1. The highest BCUT2D eigenvalue weighted by atomic mass is 35.5. The Morgan fingerprint density at radius 2 is 1.83 bits per heavy atom. The quantitative estimate of drug-likeness (QED) is 0.761. The third-order valence-electron chi connectivity index (χ3n) is 6.39. The fraction of sp³-hybridized carbons (Fsp3) is 0.429. The van der Waals surface area contributed by atoms with Gasteiger partial charge in [-0.15, -0.1) is 0 Å². The van der Waals surface area contributed by atoms with Crippen LogP contribution in [-0.4, -0.2) is 26.2 Å². The first-order valence-corrected chi connectivity index (χ1v) is 11.4. The second kappa shape index (κ2) is 7.22. The molecule has 2 aliphatic rings. The lowest BCUT2D eigenvalue weighted by atomic mass is 9.65. The molecule has 29 heavy (non-hydrogen) atoms. The first-order chi connectivity index (χ1) is 13.7. The van der Waals surface area contributed by atoms with E-state index >= 15 is 4.39 Å². The predicted molar refractivity (Wildman–Crippen MR) is 105 cm³/mol. The predicted octanol–water partition coefficient (Wildman–Crippen LogP) is 4.48. The Hall–Kier alpha value is -1.70. The lowest BCUT2D eigenvalue weighted by molar-refractivity contribution is -0.0219.